The summed E-state index contributed by atoms with van der Waals surface area (Å²) < 4.78 is 24.4. The Bertz CT molecular complexity index is 387. The second-order valence-corrected chi connectivity index (χ2v) is 3.14. The molecule has 0 N–H and O–H groups in total. The van der Waals surface area contributed by atoms with Crippen LogP contribution in [0.2, 0.25) is 0 Å². The Hall–Kier alpha value is -1.96. The molecule has 1 aromatic carbocycles. The first kappa shape index (κ1) is 12.1. The van der Waals surface area contributed by atoms with Gasteiger partial charge in [0.05, 0.1) is 6.07 Å². The molecule has 84 valence electrons. The van der Waals surface area contributed by atoms with Crippen LogP contribution >= 0.6 is 0 Å². The molecule has 1 aromatic rings. The smallest absolute Gasteiger partial charge is 0.315 e. The molecule has 0 atom stereocenters. The second kappa shape index (κ2) is 5.81. The Morgan fingerprint density at radius 1 is 1.38 bits per heavy atom. The molecule has 0 radical (unpaired) electrons. The van der Waals surface area contributed by atoms with Gasteiger partial charge in [-0.05, 0) is 5.56 Å². The van der Waals surface area contributed by atoms with Crippen LogP contribution in [0.3, 0.4) is 0 Å². The van der Waals surface area contributed by atoms with Crippen LogP contribution in [0.5, 0.6) is 0 Å². The molecular formula is C11H10F2N2O. The lowest BCUT2D eigenvalue weighted by atomic mass is 10.2. The van der Waals surface area contributed by atoms with Crippen molar-refractivity contribution in [2.75, 3.05) is 6.54 Å². The van der Waals surface area contributed by atoms with Crippen molar-refractivity contribution in [3.63, 3.8) is 0 Å². The van der Waals surface area contributed by atoms with E-state index in [1.54, 1.807) is 36.4 Å². The van der Waals surface area contributed by atoms with Crippen LogP contribution in [0.25, 0.3) is 0 Å². The number of benzene rings is 1. The number of carbonyl (C=O) groups excluding carboxylic acids is 1. The minimum absolute atomic E-state index is 0.0254. The first-order valence-corrected chi connectivity index (χ1v) is 4.63. The topological polar surface area (TPSA) is 44.1 Å². The van der Waals surface area contributed by atoms with Crippen molar-refractivity contribution in [2.45, 2.75) is 13.0 Å². The van der Waals surface area contributed by atoms with Gasteiger partial charge in [-0.3, -0.25) is 4.79 Å². The van der Waals surface area contributed by atoms with E-state index in [0.717, 1.165) is 4.90 Å². The number of halogens is 2. The predicted molar refractivity (Wildman–Crippen MR) is 53.5 cm³/mol. The molecule has 0 saturated carbocycles. The SMILES string of the molecule is N#CCN(Cc1ccccc1)C(=O)C(F)F. The first-order valence-electron chi connectivity index (χ1n) is 4.63. The average molecular weight is 224 g/mol. The van der Waals surface area contributed by atoms with Crippen LogP contribution in [0.4, 0.5) is 8.78 Å². The van der Waals surface area contributed by atoms with Crippen molar-refractivity contribution >= 4 is 5.91 Å². The predicted octanol–water partition coefficient (Wildman–Crippen LogP) is 1.80. The number of hydrogen-bond acceptors (Lipinski definition) is 2. The molecule has 0 aliphatic heterocycles. The van der Waals surface area contributed by atoms with Gasteiger partial charge in [-0.25, -0.2) is 0 Å². The lowest BCUT2D eigenvalue weighted by Gasteiger charge is -2.18. The molecule has 0 heterocycles. The van der Waals surface area contributed by atoms with Crippen molar-refractivity contribution < 1.29 is 13.6 Å². The van der Waals surface area contributed by atoms with Crippen molar-refractivity contribution in [3.05, 3.63) is 35.9 Å². The third-order valence-corrected chi connectivity index (χ3v) is 1.98. The number of rotatable bonds is 4. The number of hydrogen-bond donors (Lipinski definition) is 0. The summed E-state index contributed by atoms with van der Waals surface area (Å²) in [6.45, 7) is -0.310. The number of alkyl halides is 2. The summed E-state index contributed by atoms with van der Waals surface area (Å²) in [4.78, 5) is 11.9. The van der Waals surface area contributed by atoms with Crippen molar-refractivity contribution in [1.82, 2.24) is 4.90 Å². The van der Waals surface area contributed by atoms with E-state index < -0.39 is 12.3 Å². The van der Waals surface area contributed by atoms with Gasteiger partial charge in [0.2, 0.25) is 0 Å². The Labute approximate surface area is 91.9 Å². The van der Waals surface area contributed by atoms with E-state index in [9.17, 15) is 13.6 Å². The second-order valence-electron chi connectivity index (χ2n) is 3.14. The maximum Gasteiger partial charge on any atom is 0.315 e. The fourth-order valence-electron chi connectivity index (χ4n) is 1.24. The summed E-state index contributed by atoms with van der Waals surface area (Å²) in [6, 6.07) is 10.4. The van der Waals surface area contributed by atoms with Gasteiger partial charge in [-0.15, -0.1) is 0 Å². The van der Waals surface area contributed by atoms with E-state index in [1.807, 2.05) is 0 Å². The summed E-state index contributed by atoms with van der Waals surface area (Å²) in [7, 11) is 0. The zero-order valence-corrected chi connectivity index (χ0v) is 8.44. The summed E-state index contributed by atoms with van der Waals surface area (Å²) in [5.74, 6) is -1.31. The molecule has 3 nitrogen and oxygen atoms in total. The van der Waals surface area contributed by atoms with Gasteiger partial charge in [0.15, 0.2) is 0 Å². The van der Waals surface area contributed by atoms with E-state index >= 15 is 0 Å². The number of nitrogens with zero attached hydrogens (tertiary/aromatic N) is 2. The monoisotopic (exact) mass is 224 g/mol. The van der Waals surface area contributed by atoms with Crippen LogP contribution in [0.15, 0.2) is 30.3 Å². The summed E-state index contributed by atoms with van der Waals surface area (Å²) in [6.07, 6.45) is -3.07. The van der Waals surface area contributed by atoms with E-state index in [-0.39, 0.29) is 13.1 Å². The van der Waals surface area contributed by atoms with Gasteiger partial charge in [-0.1, -0.05) is 30.3 Å². The molecule has 0 aliphatic rings. The Morgan fingerprint density at radius 2 is 2.00 bits per heavy atom. The summed E-state index contributed by atoms with van der Waals surface area (Å²) >= 11 is 0. The average Bonchev–Trinajstić information content (AvgIpc) is 2.29. The maximum absolute atomic E-state index is 12.2. The van der Waals surface area contributed by atoms with Crippen molar-refractivity contribution in [1.29, 1.82) is 5.26 Å². The highest BCUT2D eigenvalue weighted by atomic mass is 19.3. The van der Waals surface area contributed by atoms with E-state index in [4.69, 9.17) is 5.26 Å². The highest BCUT2D eigenvalue weighted by Gasteiger charge is 2.22. The van der Waals surface area contributed by atoms with Crippen LogP contribution in [-0.4, -0.2) is 23.8 Å². The molecule has 1 rings (SSSR count). The van der Waals surface area contributed by atoms with Crippen LogP contribution in [0, 0.1) is 11.3 Å². The minimum atomic E-state index is -3.07. The third-order valence-electron chi connectivity index (χ3n) is 1.98. The summed E-state index contributed by atoms with van der Waals surface area (Å²) in [5.41, 5.74) is 0.715. The molecule has 0 aliphatic carbocycles. The fraction of sp³-hybridized carbons (Fsp3) is 0.273. The minimum Gasteiger partial charge on any atom is -0.320 e. The number of amides is 1. The largest absolute Gasteiger partial charge is 0.320 e. The Balaban J connectivity index is 2.73. The van der Waals surface area contributed by atoms with E-state index in [2.05, 4.69) is 0 Å². The molecule has 5 heteroatoms. The summed E-state index contributed by atoms with van der Waals surface area (Å²) in [5, 5.41) is 8.46. The lowest BCUT2D eigenvalue weighted by Crippen LogP contribution is -2.35. The molecule has 0 unspecified atom stereocenters. The lowest BCUT2D eigenvalue weighted by molar-refractivity contribution is -0.142. The van der Waals surface area contributed by atoms with E-state index in [0.29, 0.717) is 5.56 Å². The van der Waals surface area contributed by atoms with Gasteiger partial charge in [0, 0.05) is 6.54 Å². The van der Waals surface area contributed by atoms with Gasteiger partial charge in [0.25, 0.3) is 5.91 Å². The van der Waals surface area contributed by atoms with Gasteiger partial charge < -0.3 is 4.90 Å². The van der Waals surface area contributed by atoms with Crippen LogP contribution < -0.4 is 0 Å². The number of nitriles is 1. The van der Waals surface area contributed by atoms with E-state index in [1.165, 1.54) is 0 Å². The molecule has 0 spiro atoms. The molecule has 0 aromatic heterocycles. The molecule has 16 heavy (non-hydrogen) atoms. The maximum atomic E-state index is 12.2. The van der Waals surface area contributed by atoms with Gasteiger partial charge in [0.1, 0.15) is 6.54 Å². The molecule has 1 amide bonds. The highest BCUT2D eigenvalue weighted by Crippen LogP contribution is 2.07. The standard InChI is InChI=1S/C11H10F2N2O/c12-10(13)11(16)15(7-6-14)8-9-4-2-1-3-5-9/h1-5,10H,7-8H2. The van der Waals surface area contributed by atoms with Crippen molar-refractivity contribution in [3.8, 4) is 6.07 Å². The van der Waals surface area contributed by atoms with Crippen LogP contribution in [-0.2, 0) is 11.3 Å². The number of carbonyl (C=O) groups is 1. The zero-order chi connectivity index (χ0) is 12.0. The Kier molecular flexibility index (Phi) is 4.40. The van der Waals surface area contributed by atoms with Gasteiger partial charge >= 0.3 is 6.43 Å². The van der Waals surface area contributed by atoms with Gasteiger partial charge in [-0.2, -0.15) is 14.0 Å². The zero-order valence-electron chi connectivity index (χ0n) is 8.44. The fourth-order valence-corrected chi connectivity index (χ4v) is 1.24. The highest BCUT2D eigenvalue weighted by molar-refractivity contribution is 5.79. The van der Waals surface area contributed by atoms with Crippen LogP contribution in [0.1, 0.15) is 5.56 Å². The first-order chi connectivity index (χ1) is 7.65. The quantitative estimate of drug-likeness (QED) is 0.732. The Morgan fingerprint density at radius 3 is 2.50 bits per heavy atom. The third kappa shape index (κ3) is 3.31. The normalized spacial score (nSPS) is 9.88. The van der Waals surface area contributed by atoms with Crippen molar-refractivity contribution in [2.24, 2.45) is 0 Å². The molecule has 0 bridgehead atoms. The molecule has 0 saturated heterocycles. The molecular weight excluding hydrogens is 214 g/mol. The molecule has 0 fully saturated rings.